The van der Waals surface area contributed by atoms with E-state index in [1.165, 1.54) is 0 Å². The number of hydrogen-bond donors (Lipinski definition) is 2. The predicted octanol–water partition coefficient (Wildman–Crippen LogP) is 1.64. The molecule has 0 saturated heterocycles. The normalized spacial score (nSPS) is 14.9. The standard InChI is InChI=1S/C10H13N3O/c1-2-13-6-7-8(11)4-3-5-9(7)12-10(13)14/h3-5H,2,6,11H2,1H3,(H,12,14). The molecule has 0 atom stereocenters. The lowest BCUT2D eigenvalue weighted by molar-refractivity contribution is 0.210. The summed E-state index contributed by atoms with van der Waals surface area (Å²) in [4.78, 5) is 13.2. The first-order valence-electron chi connectivity index (χ1n) is 4.65. The van der Waals surface area contributed by atoms with Crippen molar-refractivity contribution in [3.05, 3.63) is 23.8 Å². The van der Waals surface area contributed by atoms with Crippen molar-refractivity contribution in [2.75, 3.05) is 17.6 Å². The maximum Gasteiger partial charge on any atom is 0.322 e. The van der Waals surface area contributed by atoms with Crippen LogP contribution in [0.1, 0.15) is 12.5 Å². The Morgan fingerprint density at radius 3 is 3.07 bits per heavy atom. The first kappa shape index (κ1) is 8.87. The molecular weight excluding hydrogens is 178 g/mol. The summed E-state index contributed by atoms with van der Waals surface area (Å²) in [6.45, 7) is 3.24. The number of nitrogens with zero attached hydrogens (tertiary/aromatic N) is 1. The SMILES string of the molecule is CCN1Cc2c(N)cccc2NC1=O. The molecule has 0 aromatic heterocycles. The minimum atomic E-state index is -0.0504. The van der Waals surface area contributed by atoms with Crippen LogP contribution in [0, 0.1) is 0 Å². The molecule has 1 aromatic carbocycles. The summed E-state index contributed by atoms with van der Waals surface area (Å²) in [5.41, 5.74) is 8.40. The van der Waals surface area contributed by atoms with Crippen LogP contribution in [0.4, 0.5) is 16.2 Å². The molecule has 2 rings (SSSR count). The molecule has 1 aromatic rings. The van der Waals surface area contributed by atoms with Gasteiger partial charge in [0.15, 0.2) is 0 Å². The summed E-state index contributed by atoms with van der Waals surface area (Å²) in [5.74, 6) is 0. The molecule has 3 N–H and O–H groups in total. The Morgan fingerprint density at radius 1 is 1.57 bits per heavy atom. The van der Waals surface area contributed by atoms with E-state index in [9.17, 15) is 4.79 Å². The Kier molecular flexibility index (Phi) is 2.04. The number of hydrogen-bond acceptors (Lipinski definition) is 2. The average molecular weight is 191 g/mol. The lowest BCUT2D eigenvalue weighted by Gasteiger charge is -2.29. The number of benzene rings is 1. The van der Waals surface area contributed by atoms with Crippen molar-refractivity contribution in [2.45, 2.75) is 13.5 Å². The van der Waals surface area contributed by atoms with Crippen LogP contribution in [-0.2, 0) is 6.54 Å². The van der Waals surface area contributed by atoms with Crippen molar-refractivity contribution in [3.8, 4) is 0 Å². The fourth-order valence-corrected chi connectivity index (χ4v) is 1.61. The molecule has 0 aliphatic carbocycles. The van der Waals surface area contributed by atoms with E-state index in [1.54, 1.807) is 4.90 Å². The van der Waals surface area contributed by atoms with Crippen molar-refractivity contribution < 1.29 is 4.79 Å². The van der Waals surface area contributed by atoms with E-state index < -0.39 is 0 Å². The first-order valence-corrected chi connectivity index (χ1v) is 4.65. The smallest absolute Gasteiger partial charge is 0.322 e. The van der Waals surface area contributed by atoms with E-state index in [0.29, 0.717) is 13.1 Å². The average Bonchev–Trinajstić information content (AvgIpc) is 2.17. The van der Waals surface area contributed by atoms with Crippen LogP contribution in [-0.4, -0.2) is 17.5 Å². The summed E-state index contributed by atoms with van der Waals surface area (Å²) in [5, 5.41) is 2.81. The molecule has 4 heteroatoms. The molecule has 14 heavy (non-hydrogen) atoms. The summed E-state index contributed by atoms with van der Waals surface area (Å²) in [6, 6.07) is 5.52. The fraction of sp³-hybridized carbons (Fsp3) is 0.300. The Morgan fingerprint density at radius 2 is 2.36 bits per heavy atom. The van der Waals surface area contributed by atoms with Gasteiger partial charge in [0.05, 0.1) is 6.54 Å². The van der Waals surface area contributed by atoms with Gasteiger partial charge >= 0.3 is 6.03 Å². The molecule has 0 unspecified atom stereocenters. The second-order valence-electron chi connectivity index (χ2n) is 3.32. The van der Waals surface area contributed by atoms with Crippen LogP contribution >= 0.6 is 0 Å². The first-order chi connectivity index (χ1) is 6.72. The minimum absolute atomic E-state index is 0.0504. The molecule has 1 heterocycles. The van der Waals surface area contributed by atoms with Crippen molar-refractivity contribution in [1.29, 1.82) is 0 Å². The summed E-state index contributed by atoms with van der Waals surface area (Å²) >= 11 is 0. The molecule has 74 valence electrons. The third-order valence-corrected chi connectivity index (χ3v) is 2.47. The maximum atomic E-state index is 11.5. The zero-order valence-electron chi connectivity index (χ0n) is 8.08. The largest absolute Gasteiger partial charge is 0.398 e. The van der Waals surface area contributed by atoms with E-state index in [-0.39, 0.29) is 6.03 Å². The monoisotopic (exact) mass is 191 g/mol. The predicted molar refractivity (Wildman–Crippen MR) is 56.0 cm³/mol. The van der Waals surface area contributed by atoms with Gasteiger partial charge in [-0.05, 0) is 19.1 Å². The molecule has 0 spiro atoms. The fourth-order valence-electron chi connectivity index (χ4n) is 1.61. The molecule has 2 amide bonds. The molecule has 0 fully saturated rings. The van der Waals surface area contributed by atoms with Crippen LogP contribution in [0.25, 0.3) is 0 Å². The summed E-state index contributed by atoms with van der Waals surface area (Å²) < 4.78 is 0. The van der Waals surface area contributed by atoms with Gasteiger partial charge in [0.2, 0.25) is 0 Å². The third-order valence-electron chi connectivity index (χ3n) is 2.47. The highest BCUT2D eigenvalue weighted by molar-refractivity contribution is 5.93. The van der Waals surface area contributed by atoms with Crippen LogP contribution in [0.15, 0.2) is 18.2 Å². The van der Waals surface area contributed by atoms with Gasteiger partial charge in [-0.2, -0.15) is 0 Å². The number of urea groups is 1. The third kappa shape index (κ3) is 1.28. The van der Waals surface area contributed by atoms with E-state index in [4.69, 9.17) is 5.73 Å². The lowest BCUT2D eigenvalue weighted by atomic mass is 10.1. The molecule has 0 saturated carbocycles. The number of carbonyl (C=O) groups is 1. The van der Waals surface area contributed by atoms with Gasteiger partial charge in [-0.3, -0.25) is 0 Å². The number of anilines is 2. The number of amides is 2. The van der Waals surface area contributed by atoms with Crippen molar-refractivity contribution in [3.63, 3.8) is 0 Å². The maximum absolute atomic E-state index is 11.5. The number of fused-ring (bicyclic) bond motifs is 1. The number of rotatable bonds is 1. The van der Waals surface area contributed by atoms with Crippen molar-refractivity contribution in [1.82, 2.24) is 4.90 Å². The van der Waals surface area contributed by atoms with Crippen LogP contribution in [0.5, 0.6) is 0 Å². The Hall–Kier alpha value is -1.71. The quantitative estimate of drug-likeness (QED) is 0.663. The summed E-state index contributed by atoms with van der Waals surface area (Å²) in [7, 11) is 0. The molecule has 0 bridgehead atoms. The van der Waals surface area contributed by atoms with Gasteiger partial charge in [0, 0.05) is 23.5 Å². The van der Waals surface area contributed by atoms with E-state index in [0.717, 1.165) is 16.9 Å². The van der Waals surface area contributed by atoms with Crippen LogP contribution in [0.3, 0.4) is 0 Å². The summed E-state index contributed by atoms with van der Waals surface area (Å²) in [6.07, 6.45) is 0. The highest BCUT2D eigenvalue weighted by atomic mass is 16.2. The molecule has 1 aliphatic heterocycles. The van der Waals surface area contributed by atoms with E-state index in [2.05, 4.69) is 5.32 Å². The second-order valence-corrected chi connectivity index (χ2v) is 3.32. The number of nitrogens with two attached hydrogens (primary N) is 1. The van der Waals surface area contributed by atoms with Crippen molar-refractivity contribution >= 4 is 17.4 Å². The highest BCUT2D eigenvalue weighted by Gasteiger charge is 2.21. The molecular formula is C10H13N3O. The van der Waals surface area contributed by atoms with Gasteiger partial charge in [0.1, 0.15) is 0 Å². The topological polar surface area (TPSA) is 58.4 Å². The van der Waals surface area contributed by atoms with Gasteiger partial charge in [-0.15, -0.1) is 0 Å². The Balaban J connectivity index is 2.40. The van der Waals surface area contributed by atoms with E-state index >= 15 is 0 Å². The second kappa shape index (κ2) is 3.21. The lowest BCUT2D eigenvalue weighted by Crippen LogP contribution is -2.38. The number of carbonyl (C=O) groups excluding carboxylic acids is 1. The van der Waals surface area contributed by atoms with Gasteiger partial charge in [-0.1, -0.05) is 6.07 Å². The Bertz CT molecular complexity index is 376. The van der Waals surface area contributed by atoms with E-state index in [1.807, 2.05) is 25.1 Å². The molecule has 0 radical (unpaired) electrons. The zero-order chi connectivity index (χ0) is 10.1. The molecule has 4 nitrogen and oxygen atoms in total. The molecule has 1 aliphatic rings. The zero-order valence-corrected chi connectivity index (χ0v) is 8.08. The minimum Gasteiger partial charge on any atom is -0.398 e. The Labute approximate surface area is 82.7 Å². The highest BCUT2D eigenvalue weighted by Crippen LogP contribution is 2.27. The van der Waals surface area contributed by atoms with Crippen molar-refractivity contribution in [2.24, 2.45) is 0 Å². The van der Waals surface area contributed by atoms with Crippen LogP contribution in [0.2, 0.25) is 0 Å². The number of nitrogens with one attached hydrogen (secondary N) is 1. The van der Waals surface area contributed by atoms with Gasteiger partial charge < -0.3 is 16.0 Å². The number of nitrogen functional groups attached to an aromatic ring is 1. The van der Waals surface area contributed by atoms with Crippen LogP contribution < -0.4 is 11.1 Å². The van der Waals surface area contributed by atoms with Gasteiger partial charge in [0.25, 0.3) is 0 Å². The van der Waals surface area contributed by atoms with Gasteiger partial charge in [-0.25, -0.2) is 4.79 Å².